The van der Waals surface area contributed by atoms with E-state index in [0.717, 1.165) is 64.0 Å². The van der Waals surface area contributed by atoms with Gasteiger partial charge in [-0.15, -0.1) is 0 Å². The maximum Gasteiger partial charge on any atom is 0.220 e. The molecule has 1 aromatic rings. The third kappa shape index (κ3) is 5.95. The molecule has 2 aliphatic rings. The summed E-state index contributed by atoms with van der Waals surface area (Å²) in [7, 11) is 0. The minimum atomic E-state index is 0.205. The summed E-state index contributed by atoms with van der Waals surface area (Å²) in [6, 6.07) is 6.27. The molecule has 0 saturated carbocycles. The Morgan fingerprint density at radius 2 is 2.04 bits per heavy atom. The first-order valence-corrected chi connectivity index (χ1v) is 10.1. The van der Waals surface area contributed by atoms with E-state index in [1.807, 2.05) is 18.3 Å². The second-order valence-electron chi connectivity index (χ2n) is 7.68. The van der Waals surface area contributed by atoms with Gasteiger partial charge in [0.1, 0.15) is 5.82 Å². The molecule has 1 atom stereocenters. The molecular weight excluding hydrogens is 326 g/mol. The summed E-state index contributed by atoms with van der Waals surface area (Å²) < 4.78 is 0. The number of carbonyl (C=O) groups excluding carboxylic acids is 1. The SMILES string of the molecule is CC(CN1CCN(c2ccccn2)CC1)NC(=O)CCC1CCNCC1. The Balaban J connectivity index is 1.32. The first-order valence-electron chi connectivity index (χ1n) is 10.1. The van der Waals surface area contributed by atoms with Crippen molar-refractivity contribution in [1.82, 2.24) is 20.5 Å². The van der Waals surface area contributed by atoms with Crippen molar-refractivity contribution >= 4 is 11.7 Å². The number of anilines is 1. The van der Waals surface area contributed by atoms with E-state index in [9.17, 15) is 4.79 Å². The first kappa shape index (κ1) is 19.1. The molecule has 26 heavy (non-hydrogen) atoms. The van der Waals surface area contributed by atoms with E-state index in [0.29, 0.717) is 6.42 Å². The van der Waals surface area contributed by atoms with Gasteiger partial charge in [-0.25, -0.2) is 4.98 Å². The topological polar surface area (TPSA) is 60.5 Å². The van der Waals surface area contributed by atoms with Crippen LogP contribution >= 0.6 is 0 Å². The summed E-state index contributed by atoms with van der Waals surface area (Å²) in [5.41, 5.74) is 0. The number of nitrogens with one attached hydrogen (secondary N) is 2. The fourth-order valence-corrected chi connectivity index (χ4v) is 3.99. The number of hydrogen-bond acceptors (Lipinski definition) is 5. The van der Waals surface area contributed by atoms with Gasteiger partial charge in [-0.05, 0) is 57.3 Å². The molecule has 144 valence electrons. The summed E-state index contributed by atoms with van der Waals surface area (Å²) in [4.78, 5) is 21.4. The van der Waals surface area contributed by atoms with E-state index in [1.165, 1.54) is 12.8 Å². The molecule has 0 radical (unpaired) electrons. The molecule has 0 aliphatic carbocycles. The van der Waals surface area contributed by atoms with Gasteiger partial charge in [0, 0.05) is 51.4 Å². The van der Waals surface area contributed by atoms with Gasteiger partial charge in [0.25, 0.3) is 0 Å². The number of carbonyl (C=O) groups is 1. The Morgan fingerprint density at radius 3 is 2.73 bits per heavy atom. The number of pyridine rings is 1. The number of rotatable bonds is 7. The van der Waals surface area contributed by atoms with E-state index in [4.69, 9.17) is 0 Å². The molecule has 0 aromatic carbocycles. The monoisotopic (exact) mass is 359 g/mol. The highest BCUT2D eigenvalue weighted by Crippen LogP contribution is 2.17. The van der Waals surface area contributed by atoms with Gasteiger partial charge in [0.15, 0.2) is 0 Å². The Bertz CT molecular complexity index is 538. The van der Waals surface area contributed by atoms with Gasteiger partial charge >= 0.3 is 0 Å². The van der Waals surface area contributed by atoms with E-state index in [-0.39, 0.29) is 11.9 Å². The fourth-order valence-electron chi connectivity index (χ4n) is 3.99. The average molecular weight is 360 g/mol. The van der Waals surface area contributed by atoms with Crippen molar-refractivity contribution in [2.75, 3.05) is 50.7 Å². The maximum atomic E-state index is 12.2. The normalized spacial score (nSPS) is 20.7. The van der Waals surface area contributed by atoms with Crippen LogP contribution in [0.4, 0.5) is 5.82 Å². The van der Waals surface area contributed by atoms with Crippen molar-refractivity contribution in [2.45, 2.75) is 38.6 Å². The van der Waals surface area contributed by atoms with Crippen LogP contribution in [0.3, 0.4) is 0 Å². The molecular formula is C20H33N5O. The minimum absolute atomic E-state index is 0.205. The molecule has 2 fully saturated rings. The second kappa shape index (κ2) is 9.88. The smallest absolute Gasteiger partial charge is 0.220 e. The highest BCUT2D eigenvalue weighted by molar-refractivity contribution is 5.76. The fraction of sp³-hybridized carbons (Fsp3) is 0.700. The lowest BCUT2D eigenvalue weighted by Gasteiger charge is -2.36. The number of nitrogens with zero attached hydrogens (tertiary/aromatic N) is 3. The van der Waals surface area contributed by atoms with Crippen LogP contribution in [-0.4, -0.2) is 67.6 Å². The van der Waals surface area contributed by atoms with E-state index in [1.54, 1.807) is 0 Å². The summed E-state index contributed by atoms with van der Waals surface area (Å²) in [6.07, 6.45) is 5.97. The first-order chi connectivity index (χ1) is 12.7. The third-order valence-corrected chi connectivity index (χ3v) is 5.52. The van der Waals surface area contributed by atoms with Crippen molar-refractivity contribution in [3.05, 3.63) is 24.4 Å². The molecule has 2 aliphatic heterocycles. The molecule has 2 N–H and O–H groups in total. The summed E-state index contributed by atoms with van der Waals surface area (Å²) in [5, 5.41) is 6.57. The van der Waals surface area contributed by atoms with E-state index >= 15 is 0 Å². The van der Waals surface area contributed by atoms with Crippen LogP contribution < -0.4 is 15.5 Å². The van der Waals surface area contributed by atoms with Gasteiger partial charge in [-0.1, -0.05) is 6.07 Å². The molecule has 1 amide bonds. The van der Waals surface area contributed by atoms with Crippen LogP contribution in [0.2, 0.25) is 0 Å². The predicted octanol–water partition coefficient (Wildman–Crippen LogP) is 1.49. The van der Waals surface area contributed by atoms with Crippen molar-refractivity contribution < 1.29 is 4.79 Å². The second-order valence-corrected chi connectivity index (χ2v) is 7.68. The Kier molecular flexibility index (Phi) is 7.26. The maximum absolute atomic E-state index is 12.2. The van der Waals surface area contributed by atoms with Crippen molar-refractivity contribution in [3.8, 4) is 0 Å². The van der Waals surface area contributed by atoms with Crippen molar-refractivity contribution in [1.29, 1.82) is 0 Å². The highest BCUT2D eigenvalue weighted by atomic mass is 16.1. The quantitative estimate of drug-likeness (QED) is 0.772. The van der Waals surface area contributed by atoms with Crippen LogP contribution in [0, 0.1) is 5.92 Å². The third-order valence-electron chi connectivity index (χ3n) is 5.52. The van der Waals surface area contributed by atoms with Crippen molar-refractivity contribution in [2.24, 2.45) is 5.92 Å². The number of amides is 1. The molecule has 6 nitrogen and oxygen atoms in total. The zero-order valence-corrected chi connectivity index (χ0v) is 16.0. The zero-order chi connectivity index (χ0) is 18.2. The lowest BCUT2D eigenvalue weighted by atomic mass is 9.93. The van der Waals surface area contributed by atoms with Crippen molar-refractivity contribution in [3.63, 3.8) is 0 Å². The number of hydrogen-bond donors (Lipinski definition) is 2. The van der Waals surface area contributed by atoms with E-state index in [2.05, 4.69) is 38.4 Å². The van der Waals surface area contributed by atoms with E-state index < -0.39 is 0 Å². The zero-order valence-electron chi connectivity index (χ0n) is 16.0. The molecule has 0 spiro atoms. The standard InChI is InChI=1S/C20H33N5O/c1-17(23-20(26)6-5-18-7-10-21-11-8-18)16-24-12-14-25(15-13-24)19-4-2-3-9-22-19/h2-4,9,17-18,21H,5-8,10-16H2,1H3,(H,23,26). The van der Waals surface area contributed by atoms with Gasteiger partial charge in [-0.2, -0.15) is 0 Å². The summed E-state index contributed by atoms with van der Waals surface area (Å²) in [5.74, 6) is 1.99. The Labute approximate surface area is 157 Å². The van der Waals surface area contributed by atoms with Gasteiger partial charge in [0.05, 0.1) is 0 Å². The van der Waals surface area contributed by atoms with Gasteiger partial charge in [-0.3, -0.25) is 9.69 Å². The van der Waals surface area contributed by atoms with Crippen LogP contribution in [-0.2, 0) is 4.79 Å². The Hall–Kier alpha value is -1.66. The highest BCUT2D eigenvalue weighted by Gasteiger charge is 2.20. The molecule has 3 heterocycles. The summed E-state index contributed by atoms with van der Waals surface area (Å²) >= 11 is 0. The molecule has 6 heteroatoms. The number of piperidine rings is 1. The van der Waals surface area contributed by atoms with Gasteiger partial charge in [0.2, 0.25) is 5.91 Å². The molecule has 0 bridgehead atoms. The average Bonchev–Trinajstić information content (AvgIpc) is 2.68. The lowest BCUT2D eigenvalue weighted by Crippen LogP contribution is -2.51. The molecule has 1 unspecified atom stereocenters. The van der Waals surface area contributed by atoms with Crippen LogP contribution in [0.5, 0.6) is 0 Å². The summed E-state index contributed by atoms with van der Waals surface area (Å²) in [6.45, 7) is 9.28. The number of piperazine rings is 1. The van der Waals surface area contributed by atoms with Crippen LogP contribution in [0.15, 0.2) is 24.4 Å². The van der Waals surface area contributed by atoms with Crippen LogP contribution in [0.25, 0.3) is 0 Å². The molecule has 1 aromatic heterocycles. The predicted molar refractivity (Wildman–Crippen MR) is 105 cm³/mol. The Morgan fingerprint density at radius 1 is 1.27 bits per heavy atom. The number of aromatic nitrogens is 1. The molecule has 2 saturated heterocycles. The molecule has 3 rings (SSSR count). The largest absolute Gasteiger partial charge is 0.354 e. The minimum Gasteiger partial charge on any atom is -0.354 e. The lowest BCUT2D eigenvalue weighted by molar-refractivity contribution is -0.122. The van der Waals surface area contributed by atoms with Crippen LogP contribution in [0.1, 0.15) is 32.6 Å². The van der Waals surface area contributed by atoms with Gasteiger partial charge < -0.3 is 15.5 Å².